The SMILES string of the molecule is CC(C)CCN(C)C(=O)[C@H]1C2C=CC(C2)[C@H]1C(=O)O. The van der Waals surface area contributed by atoms with Gasteiger partial charge < -0.3 is 10.0 Å². The Bertz CT molecular complexity index is 402. The van der Waals surface area contributed by atoms with Gasteiger partial charge in [-0.05, 0) is 30.6 Å². The van der Waals surface area contributed by atoms with Crippen molar-refractivity contribution < 1.29 is 14.7 Å². The molecule has 0 saturated heterocycles. The zero-order chi connectivity index (χ0) is 14.2. The van der Waals surface area contributed by atoms with Gasteiger partial charge in [0.2, 0.25) is 5.91 Å². The molecule has 0 aromatic rings. The molecule has 2 rings (SSSR count). The summed E-state index contributed by atoms with van der Waals surface area (Å²) in [5.74, 6) is -0.980. The number of hydrogen-bond donors (Lipinski definition) is 1. The number of rotatable bonds is 5. The Hall–Kier alpha value is -1.32. The van der Waals surface area contributed by atoms with Gasteiger partial charge in [-0.15, -0.1) is 0 Å². The van der Waals surface area contributed by atoms with Gasteiger partial charge in [-0.1, -0.05) is 26.0 Å². The van der Waals surface area contributed by atoms with Crippen LogP contribution in [0.25, 0.3) is 0 Å². The summed E-state index contributed by atoms with van der Waals surface area (Å²) in [7, 11) is 1.79. The van der Waals surface area contributed by atoms with Crippen LogP contribution in [-0.4, -0.2) is 35.5 Å². The Balaban J connectivity index is 2.05. The molecule has 0 aliphatic heterocycles. The first-order valence-electron chi connectivity index (χ1n) is 7.08. The molecule has 0 spiro atoms. The van der Waals surface area contributed by atoms with Gasteiger partial charge in [-0.25, -0.2) is 0 Å². The second-order valence-corrected chi connectivity index (χ2v) is 6.28. The summed E-state index contributed by atoms with van der Waals surface area (Å²) in [5, 5.41) is 9.35. The number of hydrogen-bond acceptors (Lipinski definition) is 2. The lowest BCUT2D eigenvalue weighted by atomic mass is 9.82. The molecule has 106 valence electrons. The van der Waals surface area contributed by atoms with Crippen LogP contribution in [0.4, 0.5) is 0 Å². The lowest BCUT2D eigenvalue weighted by molar-refractivity contribution is -0.150. The fourth-order valence-corrected chi connectivity index (χ4v) is 3.31. The smallest absolute Gasteiger partial charge is 0.307 e. The highest BCUT2D eigenvalue weighted by Gasteiger charge is 2.52. The Labute approximate surface area is 114 Å². The fraction of sp³-hybridized carbons (Fsp3) is 0.733. The second kappa shape index (κ2) is 5.35. The number of nitrogens with zero attached hydrogens (tertiary/aromatic N) is 1. The monoisotopic (exact) mass is 265 g/mol. The molecule has 1 amide bonds. The Morgan fingerprint density at radius 1 is 1.26 bits per heavy atom. The normalized spacial score (nSPS) is 32.0. The third-order valence-electron chi connectivity index (χ3n) is 4.45. The number of amides is 1. The number of carboxylic acids is 1. The van der Waals surface area contributed by atoms with Crippen LogP contribution in [0.2, 0.25) is 0 Å². The molecule has 19 heavy (non-hydrogen) atoms. The molecular weight excluding hydrogens is 242 g/mol. The van der Waals surface area contributed by atoms with Crippen LogP contribution in [0.15, 0.2) is 12.2 Å². The summed E-state index contributed by atoms with van der Waals surface area (Å²) >= 11 is 0. The van der Waals surface area contributed by atoms with E-state index in [-0.39, 0.29) is 23.7 Å². The van der Waals surface area contributed by atoms with Crippen LogP contribution in [0.1, 0.15) is 26.7 Å². The topological polar surface area (TPSA) is 57.6 Å². The summed E-state index contributed by atoms with van der Waals surface area (Å²) in [5.41, 5.74) is 0. The van der Waals surface area contributed by atoms with E-state index < -0.39 is 11.9 Å². The van der Waals surface area contributed by atoms with Gasteiger partial charge in [-0.2, -0.15) is 0 Å². The second-order valence-electron chi connectivity index (χ2n) is 6.28. The Morgan fingerprint density at radius 3 is 2.37 bits per heavy atom. The minimum Gasteiger partial charge on any atom is -0.481 e. The molecule has 0 heterocycles. The first kappa shape index (κ1) is 14.1. The predicted octanol–water partition coefficient (Wildman–Crippen LogP) is 2.01. The first-order chi connectivity index (χ1) is 8.91. The molecule has 1 N–H and O–H groups in total. The summed E-state index contributed by atoms with van der Waals surface area (Å²) in [6.07, 6.45) is 5.78. The van der Waals surface area contributed by atoms with E-state index in [9.17, 15) is 14.7 Å². The molecule has 1 saturated carbocycles. The fourth-order valence-electron chi connectivity index (χ4n) is 3.31. The standard InChI is InChI=1S/C15H23NO3/c1-9(2)6-7-16(3)14(17)12-10-4-5-11(8-10)13(12)15(18)19/h4-5,9-13H,6-8H2,1-3H3,(H,18,19)/t10?,11?,12-,13+/m0/s1. The molecule has 2 aliphatic carbocycles. The minimum absolute atomic E-state index is 0.00454. The Kier molecular flexibility index (Phi) is 3.97. The van der Waals surface area contributed by atoms with Crippen molar-refractivity contribution in [1.82, 2.24) is 4.90 Å². The highest BCUT2D eigenvalue weighted by Crippen LogP contribution is 2.48. The summed E-state index contributed by atoms with van der Waals surface area (Å²) < 4.78 is 0. The van der Waals surface area contributed by atoms with Gasteiger partial charge >= 0.3 is 5.97 Å². The highest BCUT2D eigenvalue weighted by molar-refractivity contribution is 5.86. The molecule has 0 aromatic heterocycles. The maximum Gasteiger partial charge on any atom is 0.307 e. The molecular formula is C15H23NO3. The lowest BCUT2D eigenvalue weighted by Crippen LogP contribution is -2.41. The van der Waals surface area contributed by atoms with E-state index in [1.54, 1.807) is 11.9 Å². The summed E-state index contributed by atoms with van der Waals surface area (Å²) in [6.45, 7) is 4.96. The van der Waals surface area contributed by atoms with Gasteiger partial charge in [0.05, 0.1) is 11.8 Å². The van der Waals surface area contributed by atoms with Crippen LogP contribution >= 0.6 is 0 Å². The van der Waals surface area contributed by atoms with E-state index in [1.807, 2.05) is 12.2 Å². The Morgan fingerprint density at radius 2 is 1.84 bits per heavy atom. The zero-order valence-electron chi connectivity index (χ0n) is 11.9. The van der Waals surface area contributed by atoms with Gasteiger partial charge in [-0.3, -0.25) is 9.59 Å². The van der Waals surface area contributed by atoms with E-state index in [4.69, 9.17) is 0 Å². The van der Waals surface area contributed by atoms with E-state index in [0.717, 1.165) is 12.8 Å². The number of carboxylic acid groups (broad SMARTS) is 1. The van der Waals surface area contributed by atoms with Crippen LogP contribution < -0.4 is 0 Å². The van der Waals surface area contributed by atoms with Crippen LogP contribution in [0.3, 0.4) is 0 Å². The lowest BCUT2D eigenvalue weighted by Gasteiger charge is -2.28. The van der Waals surface area contributed by atoms with Crippen LogP contribution in [-0.2, 0) is 9.59 Å². The number of allylic oxidation sites excluding steroid dienone is 2. The highest BCUT2D eigenvalue weighted by atomic mass is 16.4. The van der Waals surface area contributed by atoms with E-state index in [0.29, 0.717) is 12.5 Å². The van der Waals surface area contributed by atoms with Crippen LogP contribution in [0.5, 0.6) is 0 Å². The van der Waals surface area contributed by atoms with Crippen molar-refractivity contribution in [2.24, 2.45) is 29.6 Å². The third kappa shape index (κ3) is 2.67. The first-order valence-corrected chi connectivity index (χ1v) is 7.08. The number of fused-ring (bicyclic) bond motifs is 2. The molecule has 4 heteroatoms. The largest absolute Gasteiger partial charge is 0.481 e. The van der Waals surface area contributed by atoms with Gasteiger partial charge in [0, 0.05) is 13.6 Å². The summed E-state index contributed by atoms with van der Waals surface area (Å²) in [6, 6.07) is 0. The third-order valence-corrected chi connectivity index (χ3v) is 4.45. The summed E-state index contributed by atoms with van der Waals surface area (Å²) in [4.78, 5) is 25.6. The van der Waals surface area contributed by atoms with Crippen LogP contribution in [0, 0.1) is 29.6 Å². The molecule has 4 atom stereocenters. The van der Waals surface area contributed by atoms with Gasteiger partial charge in [0.15, 0.2) is 0 Å². The van der Waals surface area contributed by atoms with Crippen molar-refractivity contribution >= 4 is 11.9 Å². The van der Waals surface area contributed by atoms with Crippen molar-refractivity contribution in [1.29, 1.82) is 0 Å². The minimum atomic E-state index is -0.826. The van der Waals surface area contributed by atoms with Crippen molar-refractivity contribution in [2.75, 3.05) is 13.6 Å². The quantitative estimate of drug-likeness (QED) is 0.774. The number of carbonyl (C=O) groups excluding carboxylic acids is 1. The van der Waals surface area contributed by atoms with E-state index in [2.05, 4.69) is 13.8 Å². The molecule has 2 aliphatic rings. The maximum atomic E-state index is 12.5. The van der Waals surface area contributed by atoms with Gasteiger partial charge in [0.1, 0.15) is 0 Å². The predicted molar refractivity (Wildman–Crippen MR) is 72.4 cm³/mol. The zero-order valence-corrected chi connectivity index (χ0v) is 11.9. The number of aliphatic carboxylic acids is 1. The molecule has 0 aromatic carbocycles. The average Bonchev–Trinajstić information content (AvgIpc) is 2.94. The number of carbonyl (C=O) groups is 2. The molecule has 0 radical (unpaired) electrons. The van der Waals surface area contributed by atoms with Crippen molar-refractivity contribution in [3.05, 3.63) is 12.2 Å². The van der Waals surface area contributed by atoms with Gasteiger partial charge in [0.25, 0.3) is 0 Å². The average molecular weight is 265 g/mol. The van der Waals surface area contributed by atoms with E-state index in [1.165, 1.54) is 0 Å². The molecule has 4 nitrogen and oxygen atoms in total. The van der Waals surface area contributed by atoms with Crippen molar-refractivity contribution in [3.8, 4) is 0 Å². The molecule has 2 unspecified atom stereocenters. The van der Waals surface area contributed by atoms with Crippen molar-refractivity contribution in [2.45, 2.75) is 26.7 Å². The maximum absolute atomic E-state index is 12.5. The van der Waals surface area contributed by atoms with Crippen molar-refractivity contribution in [3.63, 3.8) is 0 Å². The van der Waals surface area contributed by atoms with E-state index >= 15 is 0 Å². The molecule has 2 bridgehead atoms. The molecule has 1 fully saturated rings.